The molecule has 0 bridgehead atoms. The summed E-state index contributed by atoms with van der Waals surface area (Å²) in [4.78, 5) is 27.3. The summed E-state index contributed by atoms with van der Waals surface area (Å²) in [7, 11) is 1.60. The topological polar surface area (TPSA) is 58.6 Å². The summed E-state index contributed by atoms with van der Waals surface area (Å²) in [6, 6.07) is 13.2. The van der Waals surface area contributed by atoms with Crippen LogP contribution in [0.25, 0.3) is 0 Å². The van der Waals surface area contributed by atoms with E-state index >= 15 is 0 Å². The smallest absolute Gasteiger partial charge is 0.242 e. The normalized spacial score (nSPS) is 11.6. The standard InChI is InChI=1S/C23H29FN2O3S/c1-4-21(23(28)25-5-2)26(14-17-8-12-20(29-3)13-9-17)22(27)16-30-15-18-6-10-19(24)11-7-18/h6-13,21H,4-5,14-16H2,1-3H3,(H,25,28)/t21-/m0/s1. The Hall–Kier alpha value is -2.54. The largest absolute Gasteiger partial charge is 0.497 e. The van der Waals surface area contributed by atoms with Crippen LogP contribution >= 0.6 is 11.8 Å². The van der Waals surface area contributed by atoms with Crippen LogP contribution in [0.2, 0.25) is 0 Å². The van der Waals surface area contributed by atoms with Gasteiger partial charge in [-0.3, -0.25) is 9.59 Å². The Bertz CT molecular complexity index is 812. The van der Waals surface area contributed by atoms with Gasteiger partial charge in [0.05, 0.1) is 12.9 Å². The number of hydrogen-bond donors (Lipinski definition) is 1. The van der Waals surface area contributed by atoms with Gasteiger partial charge in [0.1, 0.15) is 17.6 Å². The lowest BCUT2D eigenvalue weighted by atomic mass is 10.1. The van der Waals surface area contributed by atoms with Crippen molar-refractivity contribution in [3.05, 3.63) is 65.5 Å². The second-order valence-electron chi connectivity index (χ2n) is 6.81. The highest BCUT2D eigenvalue weighted by Gasteiger charge is 2.28. The molecule has 0 aliphatic rings. The van der Waals surface area contributed by atoms with Gasteiger partial charge in [-0.05, 0) is 48.7 Å². The molecule has 0 saturated carbocycles. The lowest BCUT2D eigenvalue weighted by molar-refractivity contribution is -0.139. The second kappa shape index (κ2) is 12.2. The molecule has 2 aromatic carbocycles. The van der Waals surface area contributed by atoms with Crippen LogP contribution in [-0.4, -0.2) is 42.2 Å². The maximum atomic E-state index is 13.1. The van der Waals surface area contributed by atoms with Gasteiger partial charge in [-0.25, -0.2) is 4.39 Å². The minimum Gasteiger partial charge on any atom is -0.497 e. The van der Waals surface area contributed by atoms with Gasteiger partial charge in [-0.1, -0.05) is 31.2 Å². The zero-order chi connectivity index (χ0) is 21.9. The van der Waals surface area contributed by atoms with E-state index in [0.29, 0.717) is 25.3 Å². The summed E-state index contributed by atoms with van der Waals surface area (Å²) in [5, 5.41) is 2.83. The molecule has 0 spiro atoms. The number of likely N-dealkylation sites (N-methyl/N-ethyl adjacent to an activating group) is 1. The van der Waals surface area contributed by atoms with Crippen LogP contribution in [0.1, 0.15) is 31.4 Å². The number of ether oxygens (including phenoxy) is 1. The molecule has 2 rings (SSSR count). The Balaban J connectivity index is 2.10. The van der Waals surface area contributed by atoms with Gasteiger partial charge in [0.25, 0.3) is 0 Å². The number of carbonyl (C=O) groups excluding carboxylic acids is 2. The van der Waals surface area contributed by atoms with E-state index in [1.165, 1.54) is 23.9 Å². The summed E-state index contributed by atoms with van der Waals surface area (Å²) in [5.41, 5.74) is 1.88. The van der Waals surface area contributed by atoms with E-state index in [1.54, 1.807) is 24.1 Å². The molecule has 0 fully saturated rings. The Labute approximate surface area is 182 Å². The van der Waals surface area contributed by atoms with Crippen molar-refractivity contribution in [1.29, 1.82) is 0 Å². The Kier molecular flexibility index (Phi) is 9.67. The van der Waals surface area contributed by atoms with E-state index in [-0.39, 0.29) is 23.4 Å². The van der Waals surface area contributed by atoms with Crippen molar-refractivity contribution < 1.29 is 18.7 Å². The van der Waals surface area contributed by atoms with Crippen LogP contribution in [0.4, 0.5) is 4.39 Å². The monoisotopic (exact) mass is 432 g/mol. The van der Waals surface area contributed by atoms with Gasteiger partial charge in [0, 0.05) is 18.8 Å². The maximum Gasteiger partial charge on any atom is 0.242 e. The fraction of sp³-hybridized carbons (Fsp3) is 0.391. The number of rotatable bonds is 11. The third-order valence-electron chi connectivity index (χ3n) is 4.66. The van der Waals surface area contributed by atoms with Crippen LogP contribution in [-0.2, 0) is 21.9 Å². The van der Waals surface area contributed by atoms with Crippen molar-refractivity contribution >= 4 is 23.6 Å². The third kappa shape index (κ3) is 7.06. The Morgan fingerprint density at radius 3 is 2.27 bits per heavy atom. The first-order valence-electron chi connectivity index (χ1n) is 10.0. The lowest BCUT2D eigenvalue weighted by Crippen LogP contribution is -2.49. The molecule has 2 aromatic rings. The Morgan fingerprint density at radius 2 is 1.70 bits per heavy atom. The number of thioether (sulfide) groups is 1. The van der Waals surface area contributed by atoms with Crippen LogP contribution in [0.3, 0.4) is 0 Å². The van der Waals surface area contributed by atoms with Gasteiger partial charge in [0.15, 0.2) is 0 Å². The molecule has 1 atom stereocenters. The fourth-order valence-corrected chi connectivity index (χ4v) is 3.93. The van der Waals surface area contributed by atoms with E-state index in [1.807, 2.05) is 38.1 Å². The first-order chi connectivity index (χ1) is 14.5. The summed E-state index contributed by atoms with van der Waals surface area (Å²) in [6.07, 6.45) is 0.524. The van der Waals surface area contributed by atoms with E-state index in [4.69, 9.17) is 4.74 Å². The SMILES string of the molecule is CCNC(=O)[C@H](CC)N(Cc1ccc(OC)cc1)C(=O)CSCc1ccc(F)cc1. The van der Waals surface area contributed by atoms with E-state index in [9.17, 15) is 14.0 Å². The highest BCUT2D eigenvalue weighted by molar-refractivity contribution is 7.99. The van der Waals surface area contributed by atoms with Crippen molar-refractivity contribution in [2.45, 2.75) is 38.6 Å². The lowest BCUT2D eigenvalue weighted by Gasteiger charge is -2.30. The first kappa shape index (κ1) is 23.7. The number of carbonyl (C=O) groups is 2. The highest BCUT2D eigenvalue weighted by atomic mass is 32.2. The van der Waals surface area contributed by atoms with Crippen LogP contribution in [0, 0.1) is 5.82 Å². The molecule has 0 aliphatic heterocycles. The summed E-state index contributed by atoms with van der Waals surface area (Å²) >= 11 is 1.45. The van der Waals surface area contributed by atoms with Gasteiger partial charge < -0.3 is 15.0 Å². The quantitative estimate of drug-likeness (QED) is 0.583. The van der Waals surface area contributed by atoms with Crippen molar-refractivity contribution in [3.63, 3.8) is 0 Å². The highest BCUT2D eigenvalue weighted by Crippen LogP contribution is 2.19. The summed E-state index contributed by atoms with van der Waals surface area (Å²) in [5.74, 6) is 1.05. The molecule has 1 N–H and O–H groups in total. The molecule has 0 saturated heterocycles. The maximum absolute atomic E-state index is 13.1. The van der Waals surface area contributed by atoms with Crippen LogP contribution in [0.5, 0.6) is 5.75 Å². The molecular formula is C23H29FN2O3S. The molecule has 0 aliphatic carbocycles. The van der Waals surface area contributed by atoms with Crippen molar-refractivity contribution in [3.8, 4) is 5.75 Å². The first-order valence-corrected chi connectivity index (χ1v) is 11.2. The molecule has 0 radical (unpaired) electrons. The van der Waals surface area contributed by atoms with Crippen molar-refractivity contribution in [2.75, 3.05) is 19.4 Å². The number of benzene rings is 2. The van der Waals surface area contributed by atoms with Gasteiger partial charge in [0.2, 0.25) is 11.8 Å². The number of nitrogens with zero attached hydrogens (tertiary/aromatic N) is 1. The third-order valence-corrected chi connectivity index (χ3v) is 5.64. The van der Waals surface area contributed by atoms with Crippen LogP contribution in [0.15, 0.2) is 48.5 Å². The number of nitrogens with one attached hydrogen (secondary N) is 1. The summed E-state index contributed by atoms with van der Waals surface area (Å²) < 4.78 is 18.2. The molecule has 7 heteroatoms. The van der Waals surface area contributed by atoms with Gasteiger partial charge in [-0.15, -0.1) is 11.8 Å². The van der Waals surface area contributed by atoms with Crippen molar-refractivity contribution in [2.24, 2.45) is 0 Å². The molecule has 30 heavy (non-hydrogen) atoms. The molecule has 162 valence electrons. The predicted octanol–water partition coefficient (Wildman–Crippen LogP) is 4.01. The number of halogens is 1. The molecule has 5 nitrogen and oxygen atoms in total. The van der Waals surface area contributed by atoms with Gasteiger partial charge >= 0.3 is 0 Å². The number of methoxy groups -OCH3 is 1. The molecule has 0 unspecified atom stereocenters. The Morgan fingerprint density at radius 1 is 1.07 bits per heavy atom. The van der Waals surface area contributed by atoms with E-state index < -0.39 is 6.04 Å². The van der Waals surface area contributed by atoms with E-state index in [0.717, 1.165) is 16.9 Å². The number of amides is 2. The fourth-order valence-electron chi connectivity index (χ4n) is 3.06. The summed E-state index contributed by atoms with van der Waals surface area (Å²) in [6.45, 7) is 4.62. The second-order valence-corrected chi connectivity index (χ2v) is 7.79. The van der Waals surface area contributed by atoms with E-state index in [2.05, 4.69) is 5.32 Å². The zero-order valence-electron chi connectivity index (χ0n) is 17.7. The minimum absolute atomic E-state index is 0.101. The van der Waals surface area contributed by atoms with Gasteiger partial charge in [-0.2, -0.15) is 0 Å². The van der Waals surface area contributed by atoms with Crippen LogP contribution < -0.4 is 10.1 Å². The molecule has 0 aromatic heterocycles. The van der Waals surface area contributed by atoms with Crippen molar-refractivity contribution in [1.82, 2.24) is 10.2 Å². The average molecular weight is 433 g/mol. The average Bonchev–Trinajstić information content (AvgIpc) is 2.75. The zero-order valence-corrected chi connectivity index (χ0v) is 18.5. The minimum atomic E-state index is -0.536. The molecule has 2 amide bonds. The number of hydrogen-bond acceptors (Lipinski definition) is 4. The predicted molar refractivity (Wildman–Crippen MR) is 119 cm³/mol. The molecular weight excluding hydrogens is 403 g/mol. The molecule has 0 heterocycles.